The summed E-state index contributed by atoms with van der Waals surface area (Å²) in [5.41, 5.74) is 1.76. The number of rotatable bonds is 11. The zero-order valence-electron chi connectivity index (χ0n) is 24.0. The van der Waals surface area contributed by atoms with Crippen molar-refractivity contribution in [3.8, 4) is 5.75 Å². The molecule has 0 unspecified atom stereocenters. The van der Waals surface area contributed by atoms with Crippen LogP contribution in [-0.4, -0.2) is 48.3 Å². The minimum Gasteiger partial charge on any atom is -0.490 e. The summed E-state index contributed by atoms with van der Waals surface area (Å²) >= 11 is 0. The number of hydrogen-bond donors (Lipinski definition) is 4. The third-order valence-electron chi connectivity index (χ3n) is 6.62. The third-order valence-corrected chi connectivity index (χ3v) is 6.62. The molecule has 3 aromatic rings. The molecule has 1 amide bonds. The largest absolute Gasteiger partial charge is 0.490 e. The molecule has 0 radical (unpaired) electrons. The maximum Gasteiger partial charge on any atom is 0.407 e. The monoisotopic (exact) mass is 574 g/mol. The molecular weight excluding hydrogens is 536 g/mol. The number of carbonyl (C=O) groups is 2. The van der Waals surface area contributed by atoms with Crippen LogP contribution < -0.4 is 21.3 Å². The zero-order valence-corrected chi connectivity index (χ0v) is 24.0. The number of carbonyl (C=O) groups excluding carboxylic acids is 2. The Kier molecular flexibility index (Phi) is 10.2. The van der Waals surface area contributed by atoms with Crippen LogP contribution in [0.2, 0.25) is 0 Å². The standard InChI is InChI=1S/C32H38N4O6/c1-32(2,3)41-31(38)36-25-18-24(19-25)35-29(33)23-14-16-26(17-15-23)39-20-27(42-34)30(37)40-28(21-10-6-4-7-11-21)22-12-8-5-9-13-22/h4-17,24-25,27-28H,18-20,34H2,1-3H3,(H2,33,35)(H,36,38)/t24-,25-,27-/m0/s1. The number of amidine groups is 1. The maximum absolute atomic E-state index is 13.0. The van der Waals surface area contributed by atoms with Crippen molar-refractivity contribution in [3.63, 3.8) is 0 Å². The van der Waals surface area contributed by atoms with Gasteiger partial charge in [-0.05, 0) is 69.0 Å². The highest BCUT2D eigenvalue weighted by Crippen LogP contribution is 2.27. The van der Waals surface area contributed by atoms with Gasteiger partial charge in [-0.25, -0.2) is 15.5 Å². The summed E-state index contributed by atoms with van der Waals surface area (Å²) in [5.74, 6) is 5.53. The predicted molar refractivity (Wildman–Crippen MR) is 158 cm³/mol. The number of alkyl carbamates (subject to hydrolysis) is 1. The Labute approximate surface area is 246 Å². The highest BCUT2D eigenvalue weighted by Gasteiger charge is 2.32. The number of nitrogens with one attached hydrogen (secondary N) is 3. The summed E-state index contributed by atoms with van der Waals surface area (Å²) in [7, 11) is 0. The van der Waals surface area contributed by atoms with Gasteiger partial charge < -0.3 is 24.8 Å². The Morgan fingerprint density at radius 3 is 1.95 bits per heavy atom. The molecule has 4 rings (SSSR count). The van der Waals surface area contributed by atoms with Gasteiger partial charge in [-0.1, -0.05) is 60.7 Å². The second-order valence-electron chi connectivity index (χ2n) is 11.1. The molecule has 0 aliphatic heterocycles. The summed E-state index contributed by atoms with van der Waals surface area (Å²) < 4.78 is 16.9. The first-order chi connectivity index (χ1) is 20.1. The molecule has 1 aliphatic rings. The molecule has 42 heavy (non-hydrogen) atoms. The van der Waals surface area contributed by atoms with E-state index in [1.54, 1.807) is 24.3 Å². The fourth-order valence-electron chi connectivity index (χ4n) is 4.44. The molecule has 222 valence electrons. The van der Waals surface area contributed by atoms with Crippen molar-refractivity contribution < 1.29 is 28.6 Å². The quantitative estimate of drug-likeness (QED) is 0.112. The van der Waals surface area contributed by atoms with Crippen molar-refractivity contribution in [2.75, 3.05) is 6.61 Å². The van der Waals surface area contributed by atoms with Crippen LogP contribution >= 0.6 is 0 Å². The highest BCUT2D eigenvalue weighted by molar-refractivity contribution is 5.96. The lowest BCUT2D eigenvalue weighted by atomic mass is 9.86. The van der Waals surface area contributed by atoms with E-state index in [0.29, 0.717) is 24.2 Å². The Morgan fingerprint density at radius 1 is 0.881 bits per heavy atom. The SMILES string of the molecule is CC(C)(C)OC(=O)N[C@H]1C[C@H](NC(=N)c2ccc(OC[C@H](ON)C(=O)OC(c3ccccc3)c3ccccc3)cc2)C1. The molecule has 10 nitrogen and oxygen atoms in total. The molecule has 1 atom stereocenters. The van der Waals surface area contributed by atoms with Crippen LogP contribution in [0, 0.1) is 5.41 Å². The molecule has 0 saturated heterocycles. The van der Waals surface area contributed by atoms with Crippen LogP contribution in [0.5, 0.6) is 5.75 Å². The van der Waals surface area contributed by atoms with Gasteiger partial charge in [0.2, 0.25) is 6.10 Å². The molecule has 1 saturated carbocycles. The van der Waals surface area contributed by atoms with Gasteiger partial charge in [0.15, 0.2) is 6.10 Å². The van der Waals surface area contributed by atoms with E-state index < -0.39 is 29.9 Å². The summed E-state index contributed by atoms with van der Waals surface area (Å²) in [6, 6.07) is 25.9. The number of amides is 1. The van der Waals surface area contributed by atoms with Gasteiger partial charge in [-0.15, -0.1) is 0 Å². The predicted octanol–water partition coefficient (Wildman–Crippen LogP) is 4.63. The van der Waals surface area contributed by atoms with Crippen LogP contribution in [0.4, 0.5) is 4.79 Å². The van der Waals surface area contributed by atoms with Crippen LogP contribution in [0.3, 0.4) is 0 Å². The third kappa shape index (κ3) is 8.79. The van der Waals surface area contributed by atoms with Crippen LogP contribution in [-0.2, 0) is 19.1 Å². The Balaban J connectivity index is 1.25. The lowest BCUT2D eigenvalue weighted by molar-refractivity contribution is -0.163. The minimum absolute atomic E-state index is 0.0148. The topological polar surface area (TPSA) is 145 Å². The first kappa shape index (κ1) is 30.5. The molecule has 1 aliphatic carbocycles. The van der Waals surface area contributed by atoms with Crippen molar-refractivity contribution in [3.05, 3.63) is 102 Å². The van der Waals surface area contributed by atoms with Crippen molar-refractivity contribution in [1.82, 2.24) is 10.6 Å². The Bertz CT molecular complexity index is 1280. The van der Waals surface area contributed by atoms with Crippen LogP contribution in [0.1, 0.15) is 56.4 Å². The second-order valence-corrected chi connectivity index (χ2v) is 11.1. The molecule has 0 aromatic heterocycles. The number of benzene rings is 3. The van der Waals surface area contributed by atoms with Gasteiger partial charge in [-0.2, -0.15) is 0 Å². The first-order valence-corrected chi connectivity index (χ1v) is 13.8. The summed E-state index contributed by atoms with van der Waals surface area (Å²) in [6.45, 7) is 5.31. The van der Waals surface area contributed by atoms with Gasteiger partial charge in [-0.3, -0.25) is 10.2 Å². The van der Waals surface area contributed by atoms with Gasteiger partial charge in [0.1, 0.15) is 23.8 Å². The normalized spacial score (nSPS) is 17.0. The van der Waals surface area contributed by atoms with E-state index >= 15 is 0 Å². The number of ether oxygens (including phenoxy) is 3. The minimum atomic E-state index is -1.15. The van der Waals surface area contributed by atoms with Crippen LogP contribution in [0.15, 0.2) is 84.9 Å². The van der Waals surface area contributed by atoms with Crippen molar-refractivity contribution in [1.29, 1.82) is 5.41 Å². The van der Waals surface area contributed by atoms with Gasteiger partial charge in [0.05, 0.1) is 0 Å². The van der Waals surface area contributed by atoms with E-state index in [2.05, 4.69) is 10.6 Å². The number of esters is 1. The van der Waals surface area contributed by atoms with E-state index in [9.17, 15) is 9.59 Å². The molecule has 10 heteroatoms. The summed E-state index contributed by atoms with van der Waals surface area (Å²) in [6.07, 6.45) is -0.807. The van der Waals surface area contributed by atoms with Gasteiger partial charge >= 0.3 is 12.1 Å². The van der Waals surface area contributed by atoms with Gasteiger partial charge in [0.25, 0.3) is 0 Å². The second kappa shape index (κ2) is 14.0. The van der Waals surface area contributed by atoms with Gasteiger partial charge in [0, 0.05) is 17.6 Å². The number of nitrogens with two attached hydrogens (primary N) is 1. The Hall–Kier alpha value is -4.41. The van der Waals surface area contributed by atoms with E-state index in [-0.39, 0.29) is 24.5 Å². The fourth-order valence-corrected chi connectivity index (χ4v) is 4.44. The molecule has 5 N–H and O–H groups in total. The average molecular weight is 575 g/mol. The molecular formula is C32H38N4O6. The van der Waals surface area contributed by atoms with Crippen molar-refractivity contribution in [2.24, 2.45) is 5.90 Å². The highest BCUT2D eigenvalue weighted by atomic mass is 16.7. The molecule has 0 heterocycles. The van der Waals surface area contributed by atoms with Crippen LogP contribution in [0.25, 0.3) is 0 Å². The van der Waals surface area contributed by atoms with Crippen molar-refractivity contribution in [2.45, 2.75) is 63.5 Å². The lowest BCUT2D eigenvalue weighted by Gasteiger charge is -2.37. The average Bonchev–Trinajstić information content (AvgIpc) is 2.95. The fraction of sp³-hybridized carbons (Fsp3) is 0.344. The summed E-state index contributed by atoms with van der Waals surface area (Å²) in [4.78, 5) is 29.8. The van der Waals surface area contributed by atoms with E-state index in [1.807, 2.05) is 81.4 Å². The zero-order chi connectivity index (χ0) is 30.1. The molecule has 0 spiro atoms. The lowest BCUT2D eigenvalue weighted by Crippen LogP contribution is -2.54. The molecule has 3 aromatic carbocycles. The van der Waals surface area contributed by atoms with Crippen molar-refractivity contribution >= 4 is 17.9 Å². The van der Waals surface area contributed by atoms with E-state index in [4.69, 9.17) is 30.4 Å². The first-order valence-electron chi connectivity index (χ1n) is 13.8. The van der Waals surface area contributed by atoms with E-state index in [1.165, 1.54) is 0 Å². The number of hydrogen-bond acceptors (Lipinski definition) is 8. The summed E-state index contributed by atoms with van der Waals surface area (Å²) in [5, 5.41) is 14.4. The van der Waals surface area contributed by atoms with E-state index in [0.717, 1.165) is 11.1 Å². The smallest absolute Gasteiger partial charge is 0.407 e. The Morgan fingerprint density at radius 2 is 1.43 bits per heavy atom. The maximum atomic E-state index is 13.0. The molecule has 1 fully saturated rings. The molecule has 0 bridgehead atoms.